The Morgan fingerprint density at radius 3 is 2.75 bits per heavy atom. The van der Waals surface area contributed by atoms with E-state index >= 15 is 0 Å². The number of halogens is 1. The van der Waals surface area contributed by atoms with E-state index in [1.54, 1.807) is 6.07 Å². The van der Waals surface area contributed by atoms with Crippen molar-refractivity contribution in [2.45, 2.75) is 25.0 Å². The predicted octanol–water partition coefficient (Wildman–Crippen LogP) is 1.88. The molecule has 1 saturated heterocycles. The summed E-state index contributed by atoms with van der Waals surface area (Å²) in [5.41, 5.74) is 0.000583. The number of nitro groups is 1. The normalized spacial score (nSPS) is 17.9. The molecule has 0 aliphatic carbocycles. The zero-order chi connectivity index (χ0) is 14.6. The van der Waals surface area contributed by atoms with E-state index in [0.717, 1.165) is 5.56 Å². The van der Waals surface area contributed by atoms with Gasteiger partial charge in [-0.1, -0.05) is 11.6 Å². The lowest BCUT2D eigenvalue weighted by Crippen LogP contribution is -2.44. The van der Waals surface area contributed by atoms with Crippen LogP contribution in [0.25, 0.3) is 0 Å². The second-order valence-electron chi connectivity index (χ2n) is 4.97. The Hall–Kier alpha value is -1.21. The van der Waals surface area contributed by atoms with Gasteiger partial charge in [-0.3, -0.25) is 10.1 Å². The third-order valence-corrected chi connectivity index (χ3v) is 3.79. The van der Waals surface area contributed by atoms with E-state index in [2.05, 4.69) is 5.32 Å². The quantitative estimate of drug-likeness (QED) is 0.640. The number of ether oxygens (including phenoxy) is 1. The first-order chi connectivity index (χ1) is 9.50. The summed E-state index contributed by atoms with van der Waals surface area (Å²) >= 11 is 6.00. The van der Waals surface area contributed by atoms with Crippen molar-refractivity contribution in [1.82, 2.24) is 5.32 Å². The van der Waals surface area contributed by atoms with E-state index in [-0.39, 0.29) is 5.69 Å². The molecule has 1 heterocycles. The van der Waals surface area contributed by atoms with E-state index < -0.39 is 10.5 Å². The molecular weight excluding hydrogens is 284 g/mol. The molecule has 6 nitrogen and oxygen atoms in total. The highest BCUT2D eigenvalue weighted by molar-refractivity contribution is 6.31. The summed E-state index contributed by atoms with van der Waals surface area (Å²) in [6.07, 6.45) is 1.21. The van der Waals surface area contributed by atoms with Gasteiger partial charge in [-0.2, -0.15) is 0 Å². The lowest BCUT2D eigenvalue weighted by molar-refractivity contribution is -0.384. The van der Waals surface area contributed by atoms with Crippen LogP contribution in [0.15, 0.2) is 18.2 Å². The lowest BCUT2D eigenvalue weighted by Gasteiger charge is -2.32. The van der Waals surface area contributed by atoms with Gasteiger partial charge in [0, 0.05) is 51.3 Å². The van der Waals surface area contributed by atoms with Crippen LogP contribution in [-0.4, -0.2) is 35.4 Å². The highest BCUT2D eigenvalue weighted by Crippen LogP contribution is 2.23. The van der Waals surface area contributed by atoms with Crippen molar-refractivity contribution in [2.24, 2.45) is 0 Å². The Kier molecular flexibility index (Phi) is 4.93. The van der Waals surface area contributed by atoms with Crippen molar-refractivity contribution >= 4 is 17.3 Å². The molecule has 110 valence electrons. The Labute approximate surface area is 121 Å². The molecule has 0 amide bonds. The SMILES string of the molecule is O=[N+]([O-])c1ccc(CNCC2(O)CCOCC2)c(Cl)c1. The van der Waals surface area contributed by atoms with Crippen LogP contribution in [0.2, 0.25) is 5.02 Å². The second-order valence-corrected chi connectivity index (χ2v) is 5.38. The molecule has 1 fully saturated rings. The molecule has 1 aliphatic heterocycles. The van der Waals surface area contributed by atoms with E-state index in [1.165, 1.54) is 12.1 Å². The van der Waals surface area contributed by atoms with Gasteiger partial charge >= 0.3 is 0 Å². The van der Waals surface area contributed by atoms with Gasteiger partial charge in [0.05, 0.1) is 15.5 Å². The summed E-state index contributed by atoms with van der Waals surface area (Å²) < 4.78 is 5.21. The number of nitrogens with zero attached hydrogens (tertiary/aromatic N) is 1. The van der Waals surface area contributed by atoms with Gasteiger partial charge in [-0.25, -0.2) is 0 Å². The van der Waals surface area contributed by atoms with Gasteiger partial charge in [0.15, 0.2) is 0 Å². The zero-order valence-electron chi connectivity index (χ0n) is 11.0. The van der Waals surface area contributed by atoms with Crippen LogP contribution >= 0.6 is 11.6 Å². The number of nitro benzene ring substituents is 1. The summed E-state index contributed by atoms with van der Waals surface area (Å²) in [7, 11) is 0. The van der Waals surface area contributed by atoms with Crippen LogP contribution in [0.4, 0.5) is 5.69 Å². The average molecular weight is 301 g/mol. The predicted molar refractivity (Wildman–Crippen MR) is 74.8 cm³/mol. The van der Waals surface area contributed by atoms with Crippen molar-refractivity contribution in [1.29, 1.82) is 0 Å². The van der Waals surface area contributed by atoms with Gasteiger partial charge in [-0.05, 0) is 11.6 Å². The first kappa shape index (κ1) is 15.2. The Morgan fingerprint density at radius 2 is 2.15 bits per heavy atom. The molecule has 2 rings (SSSR count). The van der Waals surface area contributed by atoms with Crippen molar-refractivity contribution < 1.29 is 14.8 Å². The van der Waals surface area contributed by atoms with Crippen LogP contribution in [-0.2, 0) is 11.3 Å². The van der Waals surface area contributed by atoms with Gasteiger partial charge < -0.3 is 15.2 Å². The molecule has 0 saturated carbocycles. The fourth-order valence-corrected chi connectivity index (χ4v) is 2.39. The number of aliphatic hydroxyl groups is 1. The lowest BCUT2D eigenvalue weighted by atomic mass is 9.94. The maximum absolute atomic E-state index is 10.6. The highest BCUT2D eigenvalue weighted by atomic mass is 35.5. The van der Waals surface area contributed by atoms with Gasteiger partial charge in [0.1, 0.15) is 0 Å². The molecule has 1 aliphatic rings. The fourth-order valence-electron chi connectivity index (χ4n) is 2.15. The molecular formula is C13H17ClN2O4. The fraction of sp³-hybridized carbons (Fsp3) is 0.538. The number of rotatable bonds is 5. The maximum atomic E-state index is 10.6. The van der Waals surface area contributed by atoms with E-state index in [4.69, 9.17) is 16.3 Å². The molecule has 0 unspecified atom stereocenters. The van der Waals surface area contributed by atoms with Gasteiger partial charge in [-0.15, -0.1) is 0 Å². The highest BCUT2D eigenvalue weighted by Gasteiger charge is 2.29. The van der Waals surface area contributed by atoms with Crippen molar-refractivity contribution in [3.63, 3.8) is 0 Å². The van der Waals surface area contributed by atoms with Gasteiger partial charge in [0.2, 0.25) is 0 Å². The summed E-state index contributed by atoms with van der Waals surface area (Å²) in [6, 6.07) is 4.38. The molecule has 2 N–H and O–H groups in total. The topological polar surface area (TPSA) is 84.6 Å². The number of nitrogens with one attached hydrogen (secondary N) is 1. The third kappa shape index (κ3) is 3.89. The molecule has 20 heavy (non-hydrogen) atoms. The van der Waals surface area contributed by atoms with Crippen LogP contribution in [0.5, 0.6) is 0 Å². The summed E-state index contributed by atoms with van der Waals surface area (Å²) in [6.45, 7) is 2.04. The average Bonchev–Trinajstić information content (AvgIpc) is 2.41. The summed E-state index contributed by atoms with van der Waals surface area (Å²) in [5, 5.41) is 24.4. The minimum atomic E-state index is -0.745. The standard InChI is InChI=1S/C13H17ClN2O4/c14-12-7-11(16(18)19)2-1-10(12)8-15-9-13(17)3-5-20-6-4-13/h1-2,7,15,17H,3-6,8-9H2. The zero-order valence-corrected chi connectivity index (χ0v) is 11.7. The van der Waals surface area contributed by atoms with Crippen molar-refractivity contribution in [3.8, 4) is 0 Å². The second kappa shape index (κ2) is 6.49. The number of hydrogen-bond acceptors (Lipinski definition) is 5. The molecule has 0 bridgehead atoms. The van der Waals surface area contributed by atoms with Crippen LogP contribution in [0.3, 0.4) is 0 Å². The van der Waals surface area contributed by atoms with E-state index in [0.29, 0.717) is 44.2 Å². The molecule has 0 atom stereocenters. The smallest absolute Gasteiger partial charge is 0.270 e. The van der Waals surface area contributed by atoms with E-state index in [1.807, 2.05) is 0 Å². The minimum Gasteiger partial charge on any atom is -0.388 e. The van der Waals surface area contributed by atoms with Crippen LogP contribution < -0.4 is 5.32 Å². The van der Waals surface area contributed by atoms with Crippen LogP contribution in [0.1, 0.15) is 18.4 Å². The molecule has 7 heteroatoms. The number of hydrogen-bond donors (Lipinski definition) is 2. The first-order valence-corrected chi connectivity index (χ1v) is 6.82. The summed E-state index contributed by atoms with van der Waals surface area (Å²) in [4.78, 5) is 10.1. The molecule has 1 aromatic carbocycles. The van der Waals surface area contributed by atoms with Crippen LogP contribution in [0, 0.1) is 10.1 Å². The molecule has 0 aromatic heterocycles. The Bertz CT molecular complexity index is 489. The van der Waals surface area contributed by atoms with Gasteiger partial charge in [0.25, 0.3) is 5.69 Å². The monoisotopic (exact) mass is 300 g/mol. The number of benzene rings is 1. The summed E-state index contributed by atoms with van der Waals surface area (Å²) in [5.74, 6) is 0. The third-order valence-electron chi connectivity index (χ3n) is 3.44. The van der Waals surface area contributed by atoms with Crippen molar-refractivity contribution in [3.05, 3.63) is 38.9 Å². The Morgan fingerprint density at radius 1 is 1.45 bits per heavy atom. The first-order valence-electron chi connectivity index (χ1n) is 6.44. The minimum absolute atomic E-state index is 0.0261. The van der Waals surface area contributed by atoms with Crippen molar-refractivity contribution in [2.75, 3.05) is 19.8 Å². The molecule has 0 radical (unpaired) electrons. The van der Waals surface area contributed by atoms with E-state index in [9.17, 15) is 15.2 Å². The number of non-ortho nitro benzene ring substituents is 1. The molecule has 1 aromatic rings. The molecule has 0 spiro atoms. The maximum Gasteiger partial charge on any atom is 0.270 e. The Balaban J connectivity index is 1.89. The largest absolute Gasteiger partial charge is 0.388 e.